The van der Waals surface area contributed by atoms with Gasteiger partial charge < -0.3 is 15.4 Å². The van der Waals surface area contributed by atoms with E-state index < -0.39 is 16.1 Å². The number of carbonyl (C=O) groups excluding carboxylic acids is 1. The van der Waals surface area contributed by atoms with Crippen molar-refractivity contribution in [2.24, 2.45) is 0 Å². The first-order valence-electron chi connectivity index (χ1n) is 6.61. The van der Waals surface area contributed by atoms with Gasteiger partial charge in [0.15, 0.2) is 0 Å². The molecule has 7 nitrogen and oxygen atoms in total. The molecular formula is C13H19N3O4S. The number of hydrogen-bond donors (Lipinski definition) is 2. The molecule has 2 rings (SSSR count). The van der Waals surface area contributed by atoms with Crippen LogP contribution < -0.4 is 15.2 Å². The van der Waals surface area contributed by atoms with Crippen LogP contribution in [0.1, 0.15) is 6.42 Å². The summed E-state index contributed by atoms with van der Waals surface area (Å²) in [4.78, 5) is 13.2. The van der Waals surface area contributed by atoms with Crippen molar-refractivity contribution >= 4 is 21.6 Å². The van der Waals surface area contributed by atoms with Crippen LogP contribution in [0.15, 0.2) is 24.3 Å². The average molecular weight is 313 g/mol. The van der Waals surface area contributed by atoms with Gasteiger partial charge in [0.05, 0.1) is 5.75 Å². The standard InChI is InChI=1S/C13H19N3O4S/c1-16-6-5-12(13(16)17)15-21(18,19)8-7-20-11-4-2-3-10(14)9-11/h2-4,9,12,15H,5-8,14H2,1H3. The van der Waals surface area contributed by atoms with Crippen molar-refractivity contribution in [3.8, 4) is 5.75 Å². The quantitative estimate of drug-likeness (QED) is 0.708. The van der Waals surface area contributed by atoms with Gasteiger partial charge in [-0.25, -0.2) is 13.1 Å². The van der Waals surface area contributed by atoms with Crippen LogP contribution in [0.3, 0.4) is 0 Å². The molecule has 1 heterocycles. The summed E-state index contributed by atoms with van der Waals surface area (Å²) in [7, 11) is -1.90. The molecule has 1 fully saturated rings. The zero-order valence-electron chi connectivity index (χ0n) is 11.8. The molecule has 21 heavy (non-hydrogen) atoms. The lowest BCUT2D eigenvalue weighted by Gasteiger charge is -2.13. The molecule has 8 heteroatoms. The zero-order valence-corrected chi connectivity index (χ0v) is 12.6. The second-order valence-electron chi connectivity index (χ2n) is 4.96. The average Bonchev–Trinajstić information content (AvgIpc) is 2.70. The number of sulfonamides is 1. The van der Waals surface area contributed by atoms with Gasteiger partial charge in [-0.2, -0.15) is 0 Å². The van der Waals surface area contributed by atoms with Crippen LogP contribution in [-0.2, 0) is 14.8 Å². The molecule has 1 aromatic rings. The second-order valence-corrected chi connectivity index (χ2v) is 6.83. The molecule has 1 atom stereocenters. The van der Waals surface area contributed by atoms with E-state index in [2.05, 4.69) is 4.72 Å². The molecule has 0 radical (unpaired) electrons. The minimum Gasteiger partial charge on any atom is -0.492 e. The number of hydrogen-bond acceptors (Lipinski definition) is 5. The lowest BCUT2D eigenvalue weighted by molar-refractivity contribution is -0.127. The number of nitrogens with zero attached hydrogens (tertiary/aromatic N) is 1. The summed E-state index contributed by atoms with van der Waals surface area (Å²) < 4.78 is 31.6. The van der Waals surface area contributed by atoms with Crippen LogP contribution in [-0.4, -0.2) is 51.2 Å². The maximum atomic E-state index is 11.9. The molecule has 1 aliphatic rings. The maximum Gasteiger partial charge on any atom is 0.240 e. The van der Waals surface area contributed by atoms with Gasteiger partial charge in [0.2, 0.25) is 15.9 Å². The van der Waals surface area contributed by atoms with Crippen LogP contribution in [0.2, 0.25) is 0 Å². The summed E-state index contributed by atoms with van der Waals surface area (Å²) >= 11 is 0. The fraction of sp³-hybridized carbons (Fsp3) is 0.462. The summed E-state index contributed by atoms with van der Waals surface area (Å²) in [6.07, 6.45) is 0.491. The van der Waals surface area contributed by atoms with Gasteiger partial charge in [-0.3, -0.25) is 4.79 Å². The van der Waals surface area contributed by atoms with E-state index in [0.717, 1.165) is 0 Å². The highest BCUT2D eigenvalue weighted by Gasteiger charge is 2.32. The first-order chi connectivity index (χ1) is 9.87. The van der Waals surface area contributed by atoms with E-state index in [0.29, 0.717) is 24.4 Å². The molecule has 1 amide bonds. The van der Waals surface area contributed by atoms with Gasteiger partial charge in [-0.05, 0) is 18.6 Å². The predicted octanol–water partition coefficient (Wildman–Crippen LogP) is -0.202. The van der Waals surface area contributed by atoms with Gasteiger partial charge in [0, 0.05) is 25.3 Å². The van der Waals surface area contributed by atoms with Crippen molar-refractivity contribution in [3.05, 3.63) is 24.3 Å². The summed E-state index contributed by atoms with van der Waals surface area (Å²) in [5.41, 5.74) is 6.15. The van der Waals surface area contributed by atoms with E-state index in [9.17, 15) is 13.2 Å². The fourth-order valence-corrected chi connectivity index (χ4v) is 3.15. The van der Waals surface area contributed by atoms with Gasteiger partial charge in [0.25, 0.3) is 0 Å². The summed E-state index contributed by atoms with van der Waals surface area (Å²) in [5, 5.41) is 0. The van der Waals surface area contributed by atoms with Gasteiger partial charge in [-0.15, -0.1) is 0 Å². The van der Waals surface area contributed by atoms with E-state index in [4.69, 9.17) is 10.5 Å². The topological polar surface area (TPSA) is 102 Å². The van der Waals surface area contributed by atoms with Crippen molar-refractivity contribution in [1.29, 1.82) is 0 Å². The first kappa shape index (κ1) is 15.6. The van der Waals surface area contributed by atoms with Crippen LogP contribution >= 0.6 is 0 Å². The molecule has 0 aromatic heterocycles. The molecule has 0 bridgehead atoms. The van der Waals surface area contributed by atoms with Crippen LogP contribution in [0.5, 0.6) is 5.75 Å². The fourth-order valence-electron chi connectivity index (χ4n) is 2.08. The number of anilines is 1. The normalized spacial score (nSPS) is 19.0. The lowest BCUT2D eigenvalue weighted by atomic mass is 10.3. The highest BCUT2D eigenvalue weighted by molar-refractivity contribution is 7.89. The predicted molar refractivity (Wildman–Crippen MR) is 79.3 cm³/mol. The third-order valence-electron chi connectivity index (χ3n) is 3.23. The van der Waals surface area contributed by atoms with Gasteiger partial charge in [0.1, 0.15) is 18.4 Å². The number of benzene rings is 1. The smallest absolute Gasteiger partial charge is 0.240 e. The molecule has 0 spiro atoms. The minimum atomic E-state index is -3.56. The Morgan fingerprint density at radius 2 is 2.24 bits per heavy atom. The number of carbonyl (C=O) groups is 1. The van der Waals surface area contributed by atoms with Crippen molar-refractivity contribution in [3.63, 3.8) is 0 Å². The highest BCUT2D eigenvalue weighted by atomic mass is 32.2. The maximum absolute atomic E-state index is 11.9. The minimum absolute atomic E-state index is 0.00443. The Kier molecular flexibility index (Phi) is 4.69. The number of nitrogens with two attached hydrogens (primary N) is 1. The number of ether oxygens (including phenoxy) is 1. The number of rotatable bonds is 6. The Balaban J connectivity index is 1.83. The Labute approximate surface area is 124 Å². The summed E-state index contributed by atoms with van der Waals surface area (Å²) in [6.45, 7) is 0.557. The zero-order chi connectivity index (χ0) is 15.5. The number of likely N-dealkylation sites (tertiary alicyclic amines) is 1. The van der Waals surface area contributed by atoms with Crippen molar-refractivity contribution in [2.45, 2.75) is 12.5 Å². The Morgan fingerprint density at radius 1 is 1.48 bits per heavy atom. The molecule has 3 N–H and O–H groups in total. The third kappa shape index (κ3) is 4.33. The molecule has 0 aliphatic carbocycles. The number of nitrogens with one attached hydrogen (secondary N) is 1. The largest absolute Gasteiger partial charge is 0.492 e. The van der Waals surface area contributed by atoms with Crippen molar-refractivity contribution in [2.75, 3.05) is 31.7 Å². The Hall–Kier alpha value is -1.80. The SMILES string of the molecule is CN1CCC(NS(=O)(=O)CCOc2cccc(N)c2)C1=O. The monoisotopic (exact) mass is 313 g/mol. The number of amides is 1. The van der Waals surface area contributed by atoms with E-state index in [1.54, 1.807) is 31.3 Å². The van der Waals surface area contributed by atoms with E-state index in [1.807, 2.05) is 0 Å². The molecule has 116 valence electrons. The van der Waals surface area contributed by atoms with Crippen LogP contribution in [0.4, 0.5) is 5.69 Å². The third-order valence-corrected chi connectivity index (χ3v) is 4.58. The molecule has 1 aromatic carbocycles. The highest BCUT2D eigenvalue weighted by Crippen LogP contribution is 2.14. The molecule has 1 aliphatic heterocycles. The lowest BCUT2D eigenvalue weighted by Crippen LogP contribution is -2.42. The molecule has 1 unspecified atom stereocenters. The van der Waals surface area contributed by atoms with Crippen LogP contribution in [0, 0.1) is 0 Å². The molecule has 1 saturated heterocycles. The summed E-state index contributed by atoms with van der Waals surface area (Å²) in [6, 6.07) is 6.10. The van der Waals surface area contributed by atoms with E-state index >= 15 is 0 Å². The van der Waals surface area contributed by atoms with Crippen molar-refractivity contribution < 1.29 is 17.9 Å². The van der Waals surface area contributed by atoms with Crippen LogP contribution in [0.25, 0.3) is 0 Å². The molecule has 0 saturated carbocycles. The first-order valence-corrected chi connectivity index (χ1v) is 8.26. The molecular weight excluding hydrogens is 294 g/mol. The number of nitrogen functional groups attached to an aromatic ring is 1. The summed E-state index contributed by atoms with van der Waals surface area (Å²) in [5.74, 6) is 0.104. The van der Waals surface area contributed by atoms with E-state index in [1.165, 1.54) is 4.90 Å². The number of likely N-dealkylation sites (N-methyl/N-ethyl adjacent to an activating group) is 1. The second kappa shape index (κ2) is 6.31. The Bertz CT molecular complexity index is 618. The van der Waals surface area contributed by atoms with Crippen molar-refractivity contribution in [1.82, 2.24) is 9.62 Å². The van der Waals surface area contributed by atoms with E-state index in [-0.39, 0.29) is 18.3 Å². The van der Waals surface area contributed by atoms with Gasteiger partial charge >= 0.3 is 0 Å². The Morgan fingerprint density at radius 3 is 2.86 bits per heavy atom. The van der Waals surface area contributed by atoms with Gasteiger partial charge in [-0.1, -0.05) is 6.07 Å².